The zero-order valence-electron chi connectivity index (χ0n) is 11.2. The van der Waals surface area contributed by atoms with E-state index >= 15 is 0 Å². The van der Waals surface area contributed by atoms with Crippen molar-refractivity contribution in [1.29, 1.82) is 0 Å². The van der Waals surface area contributed by atoms with E-state index in [2.05, 4.69) is 15.9 Å². The topological polar surface area (TPSA) is 44.5 Å². The summed E-state index contributed by atoms with van der Waals surface area (Å²) in [4.78, 5) is 0. The highest BCUT2D eigenvalue weighted by Crippen LogP contribution is 2.36. The molecule has 0 saturated heterocycles. The number of rotatable bonds is 4. The molecular formula is C15H15BrFNO2. The minimum atomic E-state index is -0.375. The van der Waals surface area contributed by atoms with Gasteiger partial charge in [0, 0.05) is 16.6 Å². The first-order valence-electron chi connectivity index (χ1n) is 6.07. The predicted molar refractivity (Wildman–Crippen MR) is 79.8 cm³/mol. The van der Waals surface area contributed by atoms with Crippen molar-refractivity contribution in [1.82, 2.24) is 0 Å². The molecule has 0 aromatic heterocycles. The maximum atomic E-state index is 13.4. The Balaban J connectivity index is 2.42. The highest BCUT2D eigenvalue weighted by molar-refractivity contribution is 9.10. The van der Waals surface area contributed by atoms with Gasteiger partial charge in [0.15, 0.2) is 0 Å². The van der Waals surface area contributed by atoms with E-state index in [4.69, 9.17) is 15.2 Å². The van der Waals surface area contributed by atoms with Gasteiger partial charge < -0.3 is 15.2 Å². The Labute approximate surface area is 125 Å². The fourth-order valence-corrected chi connectivity index (χ4v) is 2.40. The van der Waals surface area contributed by atoms with Crippen molar-refractivity contribution in [2.24, 2.45) is 5.73 Å². The van der Waals surface area contributed by atoms with Crippen molar-refractivity contribution in [3.05, 3.63) is 52.3 Å². The van der Waals surface area contributed by atoms with E-state index in [1.54, 1.807) is 25.3 Å². The molecule has 0 saturated carbocycles. The molecule has 0 aliphatic heterocycles. The Morgan fingerprint density at radius 1 is 1.20 bits per heavy atom. The normalized spacial score (nSPS) is 12.1. The summed E-state index contributed by atoms with van der Waals surface area (Å²) in [6, 6.07) is 9.49. The maximum Gasteiger partial charge on any atom is 0.135 e. The number of methoxy groups -OCH3 is 1. The van der Waals surface area contributed by atoms with E-state index in [1.165, 1.54) is 12.1 Å². The van der Waals surface area contributed by atoms with Gasteiger partial charge in [0.25, 0.3) is 0 Å². The lowest BCUT2D eigenvalue weighted by Gasteiger charge is -2.17. The van der Waals surface area contributed by atoms with Crippen LogP contribution in [0.2, 0.25) is 0 Å². The maximum absolute atomic E-state index is 13.4. The van der Waals surface area contributed by atoms with Crippen LogP contribution in [-0.2, 0) is 0 Å². The van der Waals surface area contributed by atoms with E-state index in [9.17, 15) is 4.39 Å². The molecule has 0 aliphatic carbocycles. The molecule has 0 radical (unpaired) electrons. The van der Waals surface area contributed by atoms with Gasteiger partial charge in [-0.25, -0.2) is 4.39 Å². The summed E-state index contributed by atoms with van der Waals surface area (Å²) in [5.74, 6) is 1.22. The molecule has 1 atom stereocenters. The summed E-state index contributed by atoms with van der Waals surface area (Å²) in [6.45, 7) is 1.84. The van der Waals surface area contributed by atoms with E-state index in [0.29, 0.717) is 21.7 Å². The van der Waals surface area contributed by atoms with Crippen LogP contribution in [0, 0.1) is 5.82 Å². The molecule has 2 N–H and O–H groups in total. The fourth-order valence-electron chi connectivity index (χ4n) is 1.95. The molecule has 0 bridgehead atoms. The Hall–Kier alpha value is -1.59. The molecule has 106 valence electrons. The zero-order valence-corrected chi connectivity index (χ0v) is 12.8. The number of hydrogen-bond acceptors (Lipinski definition) is 3. The SMILES string of the molecule is COc1cccc(Oc2cc(F)cc(Br)c2)c1[C@@H](C)N. The molecule has 5 heteroatoms. The molecule has 3 nitrogen and oxygen atoms in total. The standard InChI is InChI=1S/C15H15BrFNO2/c1-9(18)15-13(19-2)4-3-5-14(15)20-12-7-10(16)6-11(17)8-12/h3-9H,18H2,1-2H3/t9-/m1/s1. The lowest BCUT2D eigenvalue weighted by Crippen LogP contribution is -2.08. The summed E-state index contributed by atoms with van der Waals surface area (Å²) >= 11 is 3.23. The van der Waals surface area contributed by atoms with Crippen LogP contribution in [0.3, 0.4) is 0 Å². The summed E-state index contributed by atoms with van der Waals surface area (Å²) in [6.07, 6.45) is 0. The van der Waals surface area contributed by atoms with Gasteiger partial charge in [-0.3, -0.25) is 0 Å². The first-order valence-corrected chi connectivity index (χ1v) is 6.87. The van der Waals surface area contributed by atoms with E-state index in [0.717, 1.165) is 5.56 Å². The second kappa shape index (κ2) is 6.24. The van der Waals surface area contributed by atoms with E-state index in [1.807, 2.05) is 13.0 Å². The third-order valence-corrected chi connectivity index (χ3v) is 3.22. The number of halogens is 2. The van der Waals surface area contributed by atoms with Gasteiger partial charge in [-0.1, -0.05) is 22.0 Å². The molecule has 2 rings (SSSR count). The van der Waals surface area contributed by atoms with Crippen molar-refractivity contribution in [3.63, 3.8) is 0 Å². The minimum Gasteiger partial charge on any atom is -0.496 e. The average Bonchev–Trinajstić information content (AvgIpc) is 2.36. The highest BCUT2D eigenvalue weighted by atomic mass is 79.9. The van der Waals surface area contributed by atoms with Crippen LogP contribution < -0.4 is 15.2 Å². The van der Waals surface area contributed by atoms with Crippen LogP contribution in [0.5, 0.6) is 17.2 Å². The van der Waals surface area contributed by atoms with Crippen molar-refractivity contribution < 1.29 is 13.9 Å². The quantitative estimate of drug-likeness (QED) is 0.897. The number of benzene rings is 2. The van der Waals surface area contributed by atoms with Crippen LogP contribution in [0.25, 0.3) is 0 Å². The highest BCUT2D eigenvalue weighted by Gasteiger charge is 2.15. The Kier molecular flexibility index (Phi) is 4.62. The minimum absolute atomic E-state index is 0.266. The fraction of sp³-hybridized carbons (Fsp3) is 0.200. The van der Waals surface area contributed by atoms with Crippen LogP contribution in [-0.4, -0.2) is 7.11 Å². The van der Waals surface area contributed by atoms with Gasteiger partial charge in [-0.05, 0) is 31.2 Å². The van der Waals surface area contributed by atoms with Crippen LogP contribution >= 0.6 is 15.9 Å². The van der Waals surface area contributed by atoms with Crippen molar-refractivity contribution in [3.8, 4) is 17.2 Å². The van der Waals surface area contributed by atoms with Crippen molar-refractivity contribution >= 4 is 15.9 Å². The molecule has 0 unspecified atom stereocenters. The van der Waals surface area contributed by atoms with Gasteiger partial charge in [0.05, 0.1) is 12.7 Å². The summed E-state index contributed by atoms with van der Waals surface area (Å²) in [7, 11) is 1.57. The monoisotopic (exact) mass is 339 g/mol. The van der Waals surface area contributed by atoms with Gasteiger partial charge in [-0.15, -0.1) is 0 Å². The molecule has 0 fully saturated rings. The number of ether oxygens (including phenoxy) is 2. The largest absolute Gasteiger partial charge is 0.496 e. The Bertz CT molecular complexity index is 597. The molecule has 0 amide bonds. The molecule has 0 spiro atoms. The molecule has 0 heterocycles. The Morgan fingerprint density at radius 3 is 2.50 bits per heavy atom. The molecule has 2 aromatic carbocycles. The first kappa shape index (κ1) is 14.8. The van der Waals surface area contributed by atoms with E-state index in [-0.39, 0.29) is 11.9 Å². The van der Waals surface area contributed by atoms with Crippen molar-refractivity contribution in [2.45, 2.75) is 13.0 Å². The van der Waals surface area contributed by atoms with Crippen molar-refractivity contribution in [2.75, 3.05) is 7.11 Å². The third kappa shape index (κ3) is 3.29. The Morgan fingerprint density at radius 2 is 1.90 bits per heavy atom. The van der Waals surface area contributed by atoms with Gasteiger partial charge in [0.1, 0.15) is 23.1 Å². The molecular weight excluding hydrogens is 325 g/mol. The average molecular weight is 340 g/mol. The lowest BCUT2D eigenvalue weighted by molar-refractivity contribution is 0.397. The van der Waals surface area contributed by atoms with E-state index < -0.39 is 0 Å². The number of nitrogens with two attached hydrogens (primary N) is 1. The summed E-state index contributed by atoms with van der Waals surface area (Å²) in [5, 5.41) is 0. The smallest absolute Gasteiger partial charge is 0.135 e. The third-order valence-electron chi connectivity index (χ3n) is 2.77. The second-order valence-corrected chi connectivity index (χ2v) is 5.28. The second-order valence-electron chi connectivity index (χ2n) is 4.37. The molecule has 20 heavy (non-hydrogen) atoms. The van der Waals surface area contributed by atoms with Gasteiger partial charge in [0.2, 0.25) is 0 Å². The van der Waals surface area contributed by atoms with Crippen LogP contribution in [0.15, 0.2) is 40.9 Å². The van der Waals surface area contributed by atoms with Crippen LogP contribution in [0.1, 0.15) is 18.5 Å². The molecule has 2 aromatic rings. The summed E-state index contributed by atoms with van der Waals surface area (Å²) < 4.78 is 25.0. The summed E-state index contributed by atoms with van der Waals surface area (Å²) in [5.41, 5.74) is 6.71. The first-order chi connectivity index (χ1) is 9.51. The lowest BCUT2D eigenvalue weighted by atomic mass is 10.1. The van der Waals surface area contributed by atoms with Gasteiger partial charge in [-0.2, -0.15) is 0 Å². The predicted octanol–water partition coefficient (Wildman–Crippen LogP) is 4.41. The zero-order chi connectivity index (χ0) is 14.7. The molecule has 0 aliphatic rings. The number of hydrogen-bond donors (Lipinski definition) is 1. The van der Waals surface area contributed by atoms with Crippen LogP contribution in [0.4, 0.5) is 4.39 Å². The van der Waals surface area contributed by atoms with Gasteiger partial charge >= 0.3 is 0 Å².